The Labute approximate surface area is 130 Å². The fourth-order valence-electron chi connectivity index (χ4n) is 3.69. The Morgan fingerprint density at radius 3 is 2.29 bits per heavy atom. The van der Waals surface area contributed by atoms with E-state index >= 15 is 0 Å². The second-order valence-electron chi connectivity index (χ2n) is 7.43. The average molecular weight is 294 g/mol. The van der Waals surface area contributed by atoms with Gasteiger partial charge >= 0.3 is 0 Å². The van der Waals surface area contributed by atoms with Crippen molar-refractivity contribution >= 4 is 5.91 Å². The van der Waals surface area contributed by atoms with Crippen LogP contribution in [0.4, 0.5) is 0 Å². The van der Waals surface area contributed by atoms with E-state index in [0.717, 1.165) is 31.8 Å². The molecule has 21 heavy (non-hydrogen) atoms. The molecule has 3 nitrogen and oxygen atoms in total. The van der Waals surface area contributed by atoms with E-state index in [9.17, 15) is 4.79 Å². The SMILES string of the molecule is CCC(C)C(C)N(C(=O)CC(C)C1CCNCC1)C1CC1. The van der Waals surface area contributed by atoms with Gasteiger partial charge in [-0.1, -0.05) is 27.2 Å². The molecule has 1 N–H and O–H groups in total. The summed E-state index contributed by atoms with van der Waals surface area (Å²) in [6, 6.07) is 0.942. The maximum absolute atomic E-state index is 12.8. The molecule has 0 aromatic rings. The first-order valence-electron chi connectivity index (χ1n) is 9.06. The Hall–Kier alpha value is -0.570. The molecular formula is C18H34N2O. The van der Waals surface area contributed by atoms with Gasteiger partial charge in [-0.3, -0.25) is 4.79 Å². The molecule has 0 spiro atoms. The van der Waals surface area contributed by atoms with Crippen LogP contribution in [0.3, 0.4) is 0 Å². The van der Waals surface area contributed by atoms with Gasteiger partial charge in [0, 0.05) is 18.5 Å². The van der Waals surface area contributed by atoms with Crippen molar-refractivity contribution < 1.29 is 4.79 Å². The monoisotopic (exact) mass is 294 g/mol. The van der Waals surface area contributed by atoms with Crippen molar-refractivity contribution in [2.75, 3.05) is 13.1 Å². The molecule has 0 bridgehead atoms. The molecule has 3 atom stereocenters. The highest BCUT2D eigenvalue weighted by Crippen LogP contribution is 2.33. The van der Waals surface area contributed by atoms with Crippen molar-refractivity contribution in [2.24, 2.45) is 17.8 Å². The standard InChI is InChI=1S/C18H34N2O/c1-5-13(2)15(4)20(17-6-7-17)18(21)12-14(3)16-8-10-19-11-9-16/h13-17,19H,5-12H2,1-4H3. The number of nitrogens with one attached hydrogen (secondary N) is 1. The smallest absolute Gasteiger partial charge is 0.223 e. The molecular weight excluding hydrogens is 260 g/mol. The van der Waals surface area contributed by atoms with Gasteiger partial charge in [0.05, 0.1) is 0 Å². The van der Waals surface area contributed by atoms with Crippen LogP contribution in [-0.4, -0.2) is 36.0 Å². The lowest BCUT2D eigenvalue weighted by molar-refractivity contribution is -0.136. The summed E-state index contributed by atoms with van der Waals surface area (Å²) in [5.41, 5.74) is 0. The third kappa shape index (κ3) is 4.45. The zero-order valence-corrected chi connectivity index (χ0v) is 14.4. The number of rotatable bonds is 7. The first-order chi connectivity index (χ1) is 10.0. The molecule has 1 aliphatic heterocycles. The van der Waals surface area contributed by atoms with E-state index in [2.05, 4.69) is 37.9 Å². The molecule has 0 radical (unpaired) electrons. The van der Waals surface area contributed by atoms with Crippen LogP contribution in [0.2, 0.25) is 0 Å². The molecule has 1 saturated heterocycles. The number of carbonyl (C=O) groups is 1. The third-order valence-corrected chi connectivity index (χ3v) is 5.82. The largest absolute Gasteiger partial charge is 0.337 e. The predicted octanol–water partition coefficient (Wildman–Crippen LogP) is 3.44. The van der Waals surface area contributed by atoms with Crippen LogP contribution >= 0.6 is 0 Å². The van der Waals surface area contributed by atoms with Gasteiger partial charge in [-0.2, -0.15) is 0 Å². The zero-order chi connectivity index (χ0) is 15.4. The molecule has 3 heteroatoms. The summed E-state index contributed by atoms with van der Waals surface area (Å²) in [6.45, 7) is 11.3. The minimum Gasteiger partial charge on any atom is -0.337 e. The number of piperidine rings is 1. The predicted molar refractivity (Wildman–Crippen MR) is 88.2 cm³/mol. The van der Waals surface area contributed by atoms with E-state index in [4.69, 9.17) is 0 Å². The summed E-state index contributed by atoms with van der Waals surface area (Å²) >= 11 is 0. The van der Waals surface area contributed by atoms with Crippen molar-refractivity contribution in [3.8, 4) is 0 Å². The van der Waals surface area contributed by atoms with E-state index in [0.29, 0.717) is 29.8 Å². The second kappa shape index (κ2) is 7.62. The molecule has 1 aliphatic carbocycles. The van der Waals surface area contributed by atoms with Crippen LogP contribution < -0.4 is 5.32 Å². The molecule has 1 heterocycles. The highest BCUT2D eigenvalue weighted by Gasteiger charge is 2.37. The summed E-state index contributed by atoms with van der Waals surface area (Å²) in [6.07, 6.45) is 6.81. The Kier molecular flexibility index (Phi) is 6.09. The van der Waals surface area contributed by atoms with E-state index in [1.807, 2.05) is 0 Å². The molecule has 122 valence electrons. The van der Waals surface area contributed by atoms with Gasteiger partial charge in [0.1, 0.15) is 0 Å². The van der Waals surface area contributed by atoms with Crippen molar-refractivity contribution in [2.45, 2.75) is 78.3 Å². The Bertz CT molecular complexity index is 334. The molecule has 2 fully saturated rings. The van der Waals surface area contributed by atoms with Crippen molar-refractivity contribution in [1.82, 2.24) is 10.2 Å². The summed E-state index contributed by atoms with van der Waals surface area (Å²) in [5.74, 6) is 2.28. The third-order valence-electron chi connectivity index (χ3n) is 5.82. The van der Waals surface area contributed by atoms with Gasteiger partial charge in [0.15, 0.2) is 0 Å². The van der Waals surface area contributed by atoms with Crippen LogP contribution in [0, 0.1) is 17.8 Å². The van der Waals surface area contributed by atoms with E-state index < -0.39 is 0 Å². The lowest BCUT2D eigenvalue weighted by atomic mass is 9.83. The number of carbonyl (C=O) groups excluding carboxylic acids is 1. The summed E-state index contributed by atoms with van der Waals surface area (Å²) in [4.78, 5) is 15.1. The van der Waals surface area contributed by atoms with Crippen LogP contribution in [0.5, 0.6) is 0 Å². The van der Waals surface area contributed by atoms with Gasteiger partial charge in [0.2, 0.25) is 5.91 Å². The van der Waals surface area contributed by atoms with Gasteiger partial charge in [-0.05, 0) is 63.5 Å². The quantitative estimate of drug-likeness (QED) is 0.780. The molecule has 0 aromatic carbocycles. The first-order valence-corrected chi connectivity index (χ1v) is 9.06. The fourth-order valence-corrected chi connectivity index (χ4v) is 3.69. The second-order valence-corrected chi connectivity index (χ2v) is 7.43. The van der Waals surface area contributed by atoms with Gasteiger partial charge < -0.3 is 10.2 Å². The van der Waals surface area contributed by atoms with Crippen LogP contribution in [0.15, 0.2) is 0 Å². The van der Waals surface area contributed by atoms with Crippen molar-refractivity contribution in [3.05, 3.63) is 0 Å². The Balaban J connectivity index is 1.91. The average Bonchev–Trinajstić information content (AvgIpc) is 3.32. The lowest BCUT2D eigenvalue weighted by Crippen LogP contribution is -2.44. The number of amides is 1. The molecule has 1 saturated carbocycles. The maximum Gasteiger partial charge on any atom is 0.223 e. The first kappa shape index (κ1) is 16.8. The minimum absolute atomic E-state index is 0.398. The Morgan fingerprint density at radius 2 is 1.76 bits per heavy atom. The summed E-state index contributed by atoms with van der Waals surface area (Å²) in [7, 11) is 0. The van der Waals surface area contributed by atoms with Crippen molar-refractivity contribution in [1.29, 1.82) is 0 Å². The van der Waals surface area contributed by atoms with E-state index in [-0.39, 0.29) is 0 Å². The minimum atomic E-state index is 0.398. The van der Waals surface area contributed by atoms with E-state index in [1.54, 1.807) is 0 Å². The fraction of sp³-hybridized carbons (Fsp3) is 0.944. The number of hydrogen-bond donors (Lipinski definition) is 1. The van der Waals surface area contributed by atoms with Crippen LogP contribution in [-0.2, 0) is 4.79 Å². The van der Waals surface area contributed by atoms with Gasteiger partial charge in [-0.25, -0.2) is 0 Å². The van der Waals surface area contributed by atoms with Crippen LogP contribution in [0.1, 0.15) is 66.2 Å². The highest BCUT2D eigenvalue weighted by atomic mass is 16.2. The molecule has 1 amide bonds. The number of nitrogens with zero attached hydrogens (tertiary/aromatic N) is 1. The van der Waals surface area contributed by atoms with Gasteiger partial charge in [-0.15, -0.1) is 0 Å². The highest BCUT2D eigenvalue weighted by molar-refractivity contribution is 5.77. The zero-order valence-electron chi connectivity index (χ0n) is 14.4. The van der Waals surface area contributed by atoms with E-state index in [1.165, 1.54) is 25.7 Å². The van der Waals surface area contributed by atoms with Crippen molar-refractivity contribution in [3.63, 3.8) is 0 Å². The van der Waals surface area contributed by atoms with Crippen LogP contribution in [0.25, 0.3) is 0 Å². The molecule has 3 unspecified atom stereocenters. The molecule has 2 aliphatic rings. The number of hydrogen-bond acceptors (Lipinski definition) is 2. The molecule has 0 aromatic heterocycles. The van der Waals surface area contributed by atoms with Gasteiger partial charge in [0.25, 0.3) is 0 Å². The maximum atomic E-state index is 12.8. The lowest BCUT2D eigenvalue weighted by Gasteiger charge is -2.35. The topological polar surface area (TPSA) is 32.3 Å². The summed E-state index contributed by atoms with van der Waals surface area (Å²) in [5, 5.41) is 3.42. The molecule has 2 rings (SSSR count). The summed E-state index contributed by atoms with van der Waals surface area (Å²) < 4.78 is 0. The Morgan fingerprint density at radius 1 is 1.14 bits per heavy atom. The normalized spacial score (nSPS) is 24.4.